The van der Waals surface area contributed by atoms with Crippen molar-refractivity contribution in [1.29, 1.82) is 0 Å². The number of hydrogen-bond donors (Lipinski definition) is 1. The third-order valence-electron chi connectivity index (χ3n) is 3.93. The van der Waals surface area contributed by atoms with Gasteiger partial charge < -0.3 is 10.2 Å². The Hall–Kier alpha value is -1.41. The Kier molecular flexibility index (Phi) is 4.62. The number of fused-ring (bicyclic) bond motifs is 1. The van der Waals surface area contributed by atoms with Crippen LogP contribution in [0.4, 0.5) is 13.2 Å². The second-order valence-electron chi connectivity index (χ2n) is 5.45. The van der Waals surface area contributed by atoms with Crippen molar-refractivity contribution in [3.8, 4) is 0 Å². The molecule has 0 aromatic carbocycles. The number of hydrogen-bond acceptors (Lipinski definition) is 4. The smallest absolute Gasteiger partial charge is 0.330 e. The van der Waals surface area contributed by atoms with Gasteiger partial charge in [0.15, 0.2) is 0 Å². The van der Waals surface area contributed by atoms with Crippen LogP contribution in [0.15, 0.2) is 6.07 Å². The number of nitrogens with zero attached hydrogens (tertiary/aromatic N) is 3. The van der Waals surface area contributed by atoms with Gasteiger partial charge in [-0.15, -0.1) is 12.4 Å². The molecule has 2 fully saturated rings. The number of likely N-dealkylation sites (tertiary alicyclic amines) is 1. The maximum atomic E-state index is 12.8. The Morgan fingerprint density at radius 2 is 2.14 bits per heavy atom. The summed E-state index contributed by atoms with van der Waals surface area (Å²) in [5.41, 5.74) is -0.710. The first-order chi connectivity index (χ1) is 9.84. The van der Waals surface area contributed by atoms with Crippen molar-refractivity contribution in [2.24, 2.45) is 0 Å². The van der Waals surface area contributed by atoms with Crippen LogP contribution in [0, 0.1) is 6.92 Å². The summed E-state index contributed by atoms with van der Waals surface area (Å²) in [4.78, 5) is 21.2. The van der Waals surface area contributed by atoms with Gasteiger partial charge in [-0.3, -0.25) is 4.79 Å². The van der Waals surface area contributed by atoms with Crippen LogP contribution < -0.4 is 5.32 Å². The van der Waals surface area contributed by atoms with Gasteiger partial charge in [0.25, 0.3) is 0 Å². The normalized spacial score (nSPS) is 24.4. The third-order valence-corrected chi connectivity index (χ3v) is 3.93. The average molecular weight is 337 g/mol. The first-order valence-corrected chi connectivity index (χ1v) is 6.79. The molecule has 0 radical (unpaired) electrons. The Bertz CT molecular complexity index is 581. The summed E-state index contributed by atoms with van der Waals surface area (Å²) in [6.45, 7) is 2.35. The number of rotatable bonds is 2. The van der Waals surface area contributed by atoms with Crippen LogP contribution in [0.3, 0.4) is 0 Å². The van der Waals surface area contributed by atoms with Gasteiger partial charge in [0.05, 0.1) is 6.54 Å². The molecular formula is C13H16ClF3N4O. The second-order valence-corrected chi connectivity index (χ2v) is 5.45. The number of amides is 1. The SMILES string of the molecule is Cc1cc(C(F)(F)F)nc(CN2C(=O)C[C@H]3NCC[C@H]32)n1.Cl. The summed E-state index contributed by atoms with van der Waals surface area (Å²) in [7, 11) is 0. The fourth-order valence-electron chi connectivity index (χ4n) is 3.03. The highest BCUT2D eigenvalue weighted by atomic mass is 35.5. The molecule has 1 N–H and O–H groups in total. The summed E-state index contributed by atoms with van der Waals surface area (Å²) in [5.74, 6) is -0.0147. The lowest BCUT2D eigenvalue weighted by molar-refractivity contribution is -0.141. The summed E-state index contributed by atoms with van der Waals surface area (Å²) in [6.07, 6.45) is -3.30. The molecule has 2 saturated heterocycles. The molecule has 5 nitrogen and oxygen atoms in total. The van der Waals surface area contributed by atoms with Crippen molar-refractivity contribution in [3.05, 3.63) is 23.3 Å². The lowest BCUT2D eigenvalue weighted by atomic mass is 10.1. The van der Waals surface area contributed by atoms with E-state index >= 15 is 0 Å². The van der Waals surface area contributed by atoms with Crippen LogP contribution in [-0.4, -0.2) is 39.4 Å². The minimum Gasteiger partial charge on any atom is -0.330 e. The number of halogens is 4. The number of carbonyl (C=O) groups is 1. The van der Waals surface area contributed by atoms with E-state index in [1.807, 2.05) is 0 Å². The maximum absolute atomic E-state index is 12.8. The molecule has 0 spiro atoms. The second kappa shape index (κ2) is 6.00. The molecule has 1 amide bonds. The van der Waals surface area contributed by atoms with E-state index < -0.39 is 11.9 Å². The minimum atomic E-state index is -4.51. The first-order valence-electron chi connectivity index (χ1n) is 6.79. The largest absolute Gasteiger partial charge is 0.433 e. The van der Waals surface area contributed by atoms with Gasteiger partial charge in [-0.1, -0.05) is 0 Å². The number of carbonyl (C=O) groups excluding carboxylic acids is 1. The summed E-state index contributed by atoms with van der Waals surface area (Å²) in [5, 5.41) is 3.23. The average Bonchev–Trinajstić information content (AvgIpc) is 2.91. The van der Waals surface area contributed by atoms with Crippen LogP contribution >= 0.6 is 12.4 Å². The lowest BCUT2D eigenvalue weighted by Gasteiger charge is -2.23. The van der Waals surface area contributed by atoms with Crippen molar-refractivity contribution in [2.45, 2.75) is 44.6 Å². The molecule has 3 rings (SSSR count). The minimum absolute atomic E-state index is 0. The molecule has 0 saturated carbocycles. The van der Waals surface area contributed by atoms with E-state index in [0.29, 0.717) is 6.42 Å². The van der Waals surface area contributed by atoms with Gasteiger partial charge in [0.1, 0.15) is 11.5 Å². The monoisotopic (exact) mass is 336 g/mol. The zero-order valence-corrected chi connectivity index (χ0v) is 12.7. The van der Waals surface area contributed by atoms with Crippen LogP contribution in [-0.2, 0) is 17.5 Å². The van der Waals surface area contributed by atoms with Gasteiger partial charge in [-0.2, -0.15) is 13.2 Å². The van der Waals surface area contributed by atoms with Crippen LogP contribution in [0.2, 0.25) is 0 Å². The maximum Gasteiger partial charge on any atom is 0.433 e. The Morgan fingerprint density at radius 1 is 1.41 bits per heavy atom. The molecule has 2 aliphatic heterocycles. The van der Waals surface area contributed by atoms with E-state index in [2.05, 4.69) is 15.3 Å². The molecule has 0 unspecified atom stereocenters. The highest BCUT2D eigenvalue weighted by Gasteiger charge is 2.42. The van der Waals surface area contributed by atoms with Crippen molar-refractivity contribution in [1.82, 2.24) is 20.2 Å². The van der Waals surface area contributed by atoms with Gasteiger partial charge in [-0.25, -0.2) is 9.97 Å². The summed E-state index contributed by atoms with van der Waals surface area (Å²) >= 11 is 0. The van der Waals surface area contributed by atoms with E-state index in [1.165, 1.54) is 6.92 Å². The summed E-state index contributed by atoms with van der Waals surface area (Å²) < 4.78 is 38.3. The Balaban J connectivity index is 0.00000176. The number of aromatic nitrogens is 2. The van der Waals surface area contributed by atoms with Gasteiger partial charge in [-0.05, 0) is 26.0 Å². The van der Waals surface area contributed by atoms with Crippen molar-refractivity contribution in [3.63, 3.8) is 0 Å². The Labute approximate surface area is 131 Å². The molecule has 0 aliphatic carbocycles. The standard InChI is InChI=1S/C13H15F3N4O.ClH/c1-7-4-10(13(14,15)16)19-11(18-7)6-20-9-2-3-17-8(9)5-12(20)21;/h4,8-9,17H,2-3,5-6H2,1H3;1H/t8-,9-;/m1./s1. The van der Waals surface area contributed by atoms with Crippen LogP contribution in [0.1, 0.15) is 30.1 Å². The molecule has 2 atom stereocenters. The first kappa shape index (κ1) is 17.0. The van der Waals surface area contributed by atoms with Gasteiger partial charge >= 0.3 is 6.18 Å². The van der Waals surface area contributed by atoms with E-state index in [0.717, 1.165) is 19.0 Å². The molecule has 0 bridgehead atoms. The predicted octanol–water partition coefficient (Wildman–Crippen LogP) is 1.69. The molecule has 1 aromatic rings. The number of nitrogens with one attached hydrogen (secondary N) is 1. The lowest BCUT2D eigenvalue weighted by Crippen LogP contribution is -2.36. The summed E-state index contributed by atoms with van der Waals surface area (Å²) in [6, 6.07) is 1.05. The zero-order valence-electron chi connectivity index (χ0n) is 11.9. The highest BCUT2D eigenvalue weighted by molar-refractivity contribution is 5.85. The number of aryl methyl sites for hydroxylation is 1. The quantitative estimate of drug-likeness (QED) is 0.893. The molecule has 3 heterocycles. The molecule has 9 heteroatoms. The zero-order chi connectivity index (χ0) is 15.2. The van der Waals surface area contributed by atoms with Crippen LogP contribution in [0.5, 0.6) is 0 Å². The topological polar surface area (TPSA) is 58.1 Å². The molecular weight excluding hydrogens is 321 g/mol. The highest BCUT2D eigenvalue weighted by Crippen LogP contribution is 2.30. The van der Waals surface area contributed by atoms with Gasteiger partial charge in [0.2, 0.25) is 5.91 Å². The van der Waals surface area contributed by atoms with E-state index in [4.69, 9.17) is 0 Å². The van der Waals surface area contributed by atoms with E-state index in [9.17, 15) is 18.0 Å². The molecule has 122 valence electrons. The van der Waals surface area contributed by atoms with Crippen molar-refractivity contribution >= 4 is 18.3 Å². The molecule has 2 aliphatic rings. The Morgan fingerprint density at radius 3 is 2.82 bits per heavy atom. The third kappa shape index (κ3) is 3.17. The number of alkyl halides is 3. The molecule has 22 heavy (non-hydrogen) atoms. The molecule has 1 aromatic heterocycles. The van der Waals surface area contributed by atoms with E-state index in [-0.39, 0.29) is 48.5 Å². The van der Waals surface area contributed by atoms with Crippen molar-refractivity contribution < 1.29 is 18.0 Å². The fourth-order valence-corrected chi connectivity index (χ4v) is 3.03. The fraction of sp³-hybridized carbons (Fsp3) is 0.615. The van der Waals surface area contributed by atoms with Crippen LogP contribution in [0.25, 0.3) is 0 Å². The van der Waals surface area contributed by atoms with Crippen molar-refractivity contribution in [2.75, 3.05) is 6.54 Å². The van der Waals surface area contributed by atoms with E-state index in [1.54, 1.807) is 4.90 Å². The predicted molar refractivity (Wildman–Crippen MR) is 74.4 cm³/mol. The van der Waals surface area contributed by atoms with Gasteiger partial charge in [0, 0.05) is 24.2 Å².